The lowest BCUT2D eigenvalue weighted by atomic mass is 10.1. The van der Waals surface area contributed by atoms with E-state index in [-0.39, 0.29) is 5.91 Å². The van der Waals surface area contributed by atoms with Crippen molar-refractivity contribution in [2.24, 2.45) is 0 Å². The fraction of sp³-hybridized carbons (Fsp3) is 0.235. The normalized spacial score (nSPS) is 10.2. The largest absolute Gasteiger partial charge is 0.326 e. The van der Waals surface area contributed by atoms with E-state index in [0.29, 0.717) is 6.42 Å². The molecule has 0 spiro atoms. The SMILES string of the molecule is CCc1ccc(CC(=O)Nc2ccc(C)cc2)cc1. The Bertz CT molecular complexity index is 540. The molecule has 98 valence electrons. The van der Waals surface area contributed by atoms with Crippen LogP contribution in [0.5, 0.6) is 0 Å². The minimum Gasteiger partial charge on any atom is -0.326 e. The minimum atomic E-state index is 0.0214. The maximum absolute atomic E-state index is 11.9. The Morgan fingerprint density at radius 1 is 0.947 bits per heavy atom. The van der Waals surface area contributed by atoms with Crippen molar-refractivity contribution in [2.45, 2.75) is 26.7 Å². The van der Waals surface area contributed by atoms with E-state index in [4.69, 9.17) is 0 Å². The molecule has 1 amide bonds. The number of hydrogen-bond donors (Lipinski definition) is 1. The molecular weight excluding hydrogens is 234 g/mol. The molecule has 0 heterocycles. The first-order valence-electron chi connectivity index (χ1n) is 6.61. The lowest BCUT2D eigenvalue weighted by molar-refractivity contribution is -0.115. The van der Waals surface area contributed by atoms with Crippen molar-refractivity contribution in [3.63, 3.8) is 0 Å². The van der Waals surface area contributed by atoms with Gasteiger partial charge in [0.25, 0.3) is 0 Å². The van der Waals surface area contributed by atoms with Crippen LogP contribution in [0.1, 0.15) is 23.6 Å². The zero-order chi connectivity index (χ0) is 13.7. The van der Waals surface area contributed by atoms with Gasteiger partial charge in [0.2, 0.25) is 5.91 Å². The zero-order valence-electron chi connectivity index (χ0n) is 11.4. The Morgan fingerprint density at radius 2 is 1.53 bits per heavy atom. The quantitative estimate of drug-likeness (QED) is 0.883. The topological polar surface area (TPSA) is 29.1 Å². The maximum Gasteiger partial charge on any atom is 0.228 e. The summed E-state index contributed by atoms with van der Waals surface area (Å²) < 4.78 is 0. The molecule has 19 heavy (non-hydrogen) atoms. The summed E-state index contributed by atoms with van der Waals surface area (Å²) in [7, 11) is 0. The molecule has 0 aliphatic heterocycles. The molecule has 0 atom stereocenters. The van der Waals surface area contributed by atoms with Crippen LogP contribution in [0, 0.1) is 6.92 Å². The summed E-state index contributed by atoms with van der Waals surface area (Å²) in [6.45, 7) is 4.15. The average molecular weight is 253 g/mol. The van der Waals surface area contributed by atoms with Crippen LogP contribution in [0.15, 0.2) is 48.5 Å². The Hall–Kier alpha value is -2.09. The van der Waals surface area contributed by atoms with Crippen LogP contribution in [0.25, 0.3) is 0 Å². The predicted octanol–water partition coefficient (Wildman–Crippen LogP) is 3.74. The molecular formula is C17H19NO. The second-order valence-electron chi connectivity index (χ2n) is 4.76. The molecule has 2 aromatic rings. The fourth-order valence-corrected chi connectivity index (χ4v) is 1.92. The van der Waals surface area contributed by atoms with Crippen LogP contribution in [-0.2, 0) is 17.6 Å². The van der Waals surface area contributed by atoms with Gasteiger partial charge in [0.1, 0.15) is 0 Å². The summed E-state index contributed by atoms with van der Waals surface area (Å²) in [5.41, 5.74) is 4.37. The Balaban J connectivity index is 1.95. The zero-order valence-corrected chi connectivity index (χ0v) is 11.4. The molecule has 0 radical (unpaired) electrons. The molecule has 0 unspecified atom stereocenters. The monoisotopic (exact) mass is 253 g/mol. The third-order valence-corrected chi connectivity index (χ3v) is 3.13. The van der Waals surface area contributed by atoms with E-state index in [1.165, 1.54) is 11.1 Å². The highest BCUT2D eigenvalue weighted by molar-refractivity contribution is 5.92. The molecule has 2 nitrogen and oxygen atoms in total. The van der Waals surface area contributed by atoms with E-state index in [2.05, 4.69) is 24.4 Å². The first kappa shape index (κ1) is 13.3. The van der Waals surface area contributed by atoms with E-state index < -0.39 is 0 Å². The number of nitrogens with one attached hydrogen (secondary N) is 1. The number of amides is 1. The van der Waals surface area contributed by atoms with Crippen LogP contribution in [0.4, 0.5) is 5.69 Å². The van der Waals surface area contributed by atoms with Crippen molar-refractivity contribution in [1.82, 2.24) is 0 Å². The molecule has 0 fully saturated rings. The van der Waals surface area contributed by atoms with E-state index in [0.717, 1.165) is 17.7 Å². The smallest absolute Gasteiger partial charge is 0.228 e. The van der Waals surface area contributed by atoms with Gasteiger partial charge in [-0.2, -0.15) is 0 Å². The van der Waals surface area contributed by atoms with E-state index in [1.807, 2.05) is 43.3 Å². The van der Waals surface area contributed by atoms with Gasteiger partial charge in [0.15, 0.2) is 0 Å². The molecule has 2 aromatic carbocycles. The van der Waals surface area contributed by atoms with Gasteiger partial charge in [-0.15, -0.1) is 0 Å². The number of hydrogen-bond acceptors (Lipinski definition) is 1. The van der Waals surface area contributed by atoms with Gasteiger partial charge >= 0.3 is 0 Å². The van der Waals surface area contributed by atoms with Crippen LogP contribution in [-0.4, -0.2) is 5.91 Å². The average Bonchev–Trinajstić information content (AvgIpc) is 2.42. The number of anilines is 1. The van der Waals surface area contributed by atoms with Gasteiger partial charge in [-0.3, -0.25) is 4.79 Å². The molecule has 1 N–H and O–H groups in total. The molecule has 0 aliphatic rings. The summed E-state index contributed by atoms with van der Waals surface area (Å²) in [5.74, 6) is 0.0214. The minimum absolute atomic E-state index is 0.0214. The van der Waals surface area contributed by atoms with Crippen molar-refractivity contribution in [1.29, 1.82) is 0 Å². The van der Waals surface area contributed by atoms with Crippen molar-refractivity contribution >= 4 is 11.6 Å². The molecule has 0 aliphatic carbocycles. The molecule has 0 saturated carbocycles. The number of rotatable bonds is 4. The van der Waals surface area contributed by atoms with Crippen LogP contribution < -0.4 is 5.32 Å². The third-order valence-electron chi connectivity index (χ3n) is 3.13. The molecule has 2 rings (SSSR count). The second-order valence-corrected chi connectivity index (χ2v) is 4.76. The van der Waals surface area contributed by atoms with Crippen molar-refractivity contribution in [3.8, 4) is 0 Å². The molecule has 0 aromatic heterocycles. The lowest BCUT2D eigenvalue weighted by Crippen LogP contribution is -2.14. The van der Waals surface area contributed by atoms with Gasteiger partial charge in [-0.25, -0.2) is 0 Å². The maximum atomic E-state index is 11.9. The first-order chi connectivity index (χ1) is 9.17. The molecule has 0 bridgehead atoms. The highest BCUT2D eigenvalue weighted by Gasteiger charge is 2.04. The van der Waals surface area contributed by atoms with Crippen LogP contribution >= 0.6 is 0 Å². The van der Waals surface area contributed by atoms with Gasteiger partial charge in [-0.05, 0) is 36.6 Å². The predicted molar refractivity (Wildman–Crippen MR) is 79.3 cm³/mol. The molecule has 2 heteroatoms. The standard InChI is InChI=1S/C17H19NO/c1-3-14-6-8-15(9-7-14)12-17(19)18-16-10-4-13(2)5-11-16/h4-11H,3,12H2,1-2H3,(H,18,19). The lowest BCUT2D eigenvalue weighted by Gasteiger charge is -2.06. The van der Waals surface area contributed by atoms with Gasteiger partial charge in [-0.1, -0.05) is 48.9 Å². The van der Waals surface area contributed by atoms with Gasteiger partial charge in [0, 0.05) is 5.69 Å². The summed E-state index contributed by atoms with van der Waals surface area (Å²) in [4.78, 5) is 11.9. The first-order valence-corrected chi connectivity index (χ1v) is 6.61. The molecule has 0 saturated heterocycles. The van der Waals surface area contributed by atoms with Gasteiger partial charge in [0.05, 0.1) is 6.42 Å². The summed E-state index contributed by atoms with van der Waals surface area (Å²) >= 11 is 0. The number of carbonyl (C=O) groups is 1. The summed E-state index contributed by atoms with van der Waals surface area (Å²) in [5, 5.41) is 2.91. The van der Waals surface area contributed by atoms with E-state index in [1.54, 1.807) is 0 Å². The Morgan fingerprint density at radius 3 is 2.11 bits per heavy atom. The van der Waals surface area contributed by atoms with Crippen molar-refractivity contribution in [3.05, 3.63) is 65.2 Å². The van der Waals surface area contributed by atoms with Crippen LogP contribution in [0.2, 0.25) is 0 Å². The second kappa shape index (κ2) is 6.19. The number of carbonyl (C=O) groups excluding carboxylic acids is 1. The van der Waals surface area contributed by atoms with E-state index in [9.17, 15) is 4.79 Å². The summed E-state index contributed by atoms with van der Waals surface area (Å²) in [6, 6.07) is 16.0. The Labute approximate surface area is 114 Å². The number of benzene rings is 2. The summed E-state index contributed by atoms with van der Waals surface area (Å²) in [6.07, 6.45) is 1.44. The Kier molecular flexibility index (Phi) is 4.35. The highest BCUT2D eigenvalue weighted by atomic mass is 16.1. The van der Waals surface area contributed by atoms with Crippen molar-refractivity contribution in [2.75, 3.05) is 5.32 Å². The highest BCUT2D eigenvalue weighted by Crippen LogP contribution is 2.10. The van der Waals surface area contributed by atoms with E-state index >= 15 is 0 Å². The third kappa shape index (κ3) is 3.95. The van der Waals surface area contributed by atoms with Crippen LogP contribution in [0.3, 0.4) is 0 Å². The fourth-order valence-electron chi connectivity index (χ4n) is 1.92. The van der Waals surface area contributed by atoms with Crippen molar-refractivity contribution < 1.29 is 4.79 Å². The number of aryl methyl sites for hydroxylation is 2. The van der Waals surface area contributed by atoms with Gasteiger partial charge < -0.3 is 5.32 Å².